The number of benzene rings is 1. The third-order valence-electron chi connectivity index (χ3n) is 4.77. The van der Waals surface area contributed by atoms with E-state index in [-0.39, 0.29) is 11.8 Å². The fourth-order valence-electron chi connectivity index (χ4n) is 3.41. The molecule has 4 rings (SSSR count). The normalized spacial score (nSPS) is 19.8. The van der Waals surface area contributed by atoms with E-state index in [1.807, 2.05) is 31.2 Å². The van der Waals surface area contributed by atoms with Gasteiger partial charge in [0.2, 0.25) is 0 Å². The summed E-state index contributed by atoms with van der Waals surface area (Å²) in [7, 11) is 0. The maximum Gasteiger partial charge on any atom is 0.253 e. The van der Waals surface area contributed by atoms with Crippen LogP contribution in [0.4, 0.5) is 0 Å². The van der Waals surface area contributed by atoms with Crippen LogP contribution in [0.1, 0.15) is 21.8 Å². The summed E-state index contributed by atoms with van der Waals surface area (Å²) >= 11 is 0. The number of aliphatic hydroxyl groups is 1. The molecule has 0 radical (unpaired) electrons. The minimum atomic E-state index is -0.568. The number of H-pyrrole nitrogens is 1. The first-order valence-electron chi connectivity index (χ1n) is 8.59. The van der Waals surface area contributed by atoms with Crippen LogP contribution < -0.4 is 0 Å². The van der Waals surface area contributed by atoms with Gasteiger partial charge in [-0.05, 0) is 24.6 Å². The van der Waals surface area contributed by atoms with Gasteiger partial charge in [-0.25, -0.2) is 0 Å². The van der Waals surface area contributed by atoms with Gasteiger partial charge in [0.25, 0.3) is 5.91 Å². The first-order chi connectivity index (χ1) is 12.6. The molecule has 2 atom stereocenters. The van der Waals surface area contributed by atoms with E-state index in [4.69, 9.17) is 4.52 Å². The topological polar surface area (TPSA) is 95.2 Å². The Morgan fingerprint density at radius 2 is 2.23 bits per heavy atom. The first-order valence-corrected chi connectivity index (χ1v) is 8.59. The van der Waals surface area contributed by atoms with Crippen LogP contribution in [0.25, 0.3) is 11.1 Å². The van der Waals surface area contributed by atoms with Gasteiger partial charge in [-0.1, -0.05) is 17.3 Å². The summed E-state index contributed by atoms with van der Waals surface area (Å²) < 4.78 is 5.24. The van der Waals surface area contributed by atoms with Gasteiger partial charge in [-0.15, -0.1) is 0 Å². The number of amides is 1. The fraction of sp³-hybridized carbons (Fsp3) is 0.316. The molecule has 0 aliphatic carbocycles. The standard InChI is InChI=1S/C19H20N4O3/c1-12-5-17(26-22-12)7-15-10-23(11-18(15)24)19(25)14-4-2-3-13(6-14)16-8-20-21-9-16/h2-6,8-9,15,18,24H,7,10-11H2,1H3,(H,20,21)/t15-,18-/m1/s1. The number of aromatic amines is 1. The van der Waals surface area contributed by atoms with Crippen molar-refractivity contribution in [1.82, 2.24) is 20.3 Å². The van der Waals surface area contributed by atoms with Crippen molar-refractivity contribution in [2.75, 3.05) is 13.1 Å². The number of hydrogen-bond acceptors (Lipinski definition) is 5. The lowest BCUT2D eigenvalue weighted by Gasteiger charge is -2.16. The number of nitrogens with one attached hydrogen (secondary N) is 1. The van der Waals surface area contributed by atoms with Gasteiger partial charge in [0.05, 0.1) is 18.0 Å². The van der Waals surface area contributed by atoms with E-state index >= 15 is 0 Å². The lowest BCUT2D eigenvalue weighted by Crippen LogP contribution is -2.29. The lowest BCUT2D eigenvalue weighted by molar-refractivity contribution is 0.0764. The van der Waals surface area contributed by atoms with Crippen LogP contribution in [0.15, 0.2) is 47.2 Å². The van der Waals surface area contributed by atoms with Crippen molar-refractivity contribution in [3.63, 3.8) is 0 Å². The lowest BCUT2D eigenvalue weighted by atomic mass is 10.0. The summed E-state index contributed by atoms with van der Waals surface area (Å²) in [5, 5.41) is 21.0. The summed E-state index contributed by atoms with van der Waals surface area (Å²) in [4.78, 5) is 14.6. The second-order valence-electron chi connectivity index (χ2n) is 6.74. The van der Waals surface area contributed by atoms with Crippen LogP contribution in [0.2, 0.25) is 0 Å². The maximum atomic E-state index is 12.9. The molecule has 3 heterocycles. The van der Waals surface area contributed by atoms with E-state index in [2.05, 4.69) is 15.4 Å². The van der Waals surface area contributed by atoms with Crippen molar-refractivity contribution in [2.24, 2.45) is 5.92 Å². The Labute approximate surface area is 150 Å². The van der Waals surface area contributed by atoms with E-state index in [1.165, 1.54) is 0 Å². The van der Waals surface area contributed by atoms with Gasteiger partial charge in [0, 0.05) is 48.8 Å². The second-order valence-corrected chi connectivity index (χ2v) is 6.74. The molecule has 0 bridgehead atoms. The third kappa shape index (κ3) is 3.25. The monoisotopic (exact) mass is 352 g/mol. The zero-order valence-electron chi connectivity index (χ0n) is 14.4. The smallest absolute Gasteiger partial charge is 0.253 e. The number of carbonyl (C=O) groups is 1. The summed E-state index contributed by atoms with van der Waals surface area (Å²) in [5.74, 6) is 0.608. The molecule has 1 fully saturated rings. The van der Waals surface area contributed by atoms with Crippen LogP contribution in [0.5, 0.6) is 0 Å². The predicted molar refractivity (Wildman–Crippen MR) is 94.4 cm³/mol. The number of β-amino-alcohol motifs (C(OH)–C–C–N with tert-alkyl or cyclic N) is 1. The third-order valence-corrected chi connectivity index (χ3v) is 4.77. The summed E-state index contributed by atoms with van der Waals surface area (Å²) in [5.41, 5.74) is 3.28. The zero-order chi connectivity index (χ0) is 18.1. The summed E-state index contributed by atoms with van der Waals surface area (Å²) in [6, 6.07) is 9.32. The number of hydrogen-bond donors (Lipinski definition) is 2. The molecule has 0 unspecified atom stereocenters. The Morgan fingerprint density at radius 1 is 1.35 bits per heavy atom. The average Bonchev–Trinajstić information content (AvgIpc) is 3.38. The molecule has 3 aromatic rings. The average molecular weight is 352 g/mol. The minimum Gasteiger partial charge on any atom is -0.391 e. The van der Waals surface area contributed by atoms with Crippen LogP contribution in [0, 0.1) is 12.8 Å². The van der Waals surface area contributed by atoms with Gasteiger partial charge in [-0.2, -0.15) is 5.10 Å². The largest absolute Gasteiger partial charge is 0.391 e. The number of rotatable bonds is 4. The van der Waals surface area contributed by atoms with Crippen LogP contribution in [-0.4, -0.2) is 50.5 Å². The molecule has 7 nitrogen and oxygen atoms in total. The number of aliphatic hydroxyl groups excluding tert-OH is 1. The number of carbonyl (C=O) groups excluding carboxylic acids is 1. The highest BCUT2D eigenvalue weighted by Crippen LogP contribution is 2.25. The zero-order valence-corrected chi connectivity index (χ0v) is 14.4. The number of aryl methyl sites for hydroxylation is 1. The van der Waals surface area contributed by atoms with Crippen molar-refractivity contribution in [2.45, 2.75) is 19.4 Å². The quantitative estimate of drug-likeness (QED) is 0.749. The maximum absolute atomic E-state index is 12.9. The molecule has 0 saturated carbocycles. The molecule has 1 aliphatic heterocycles. The Kier molecular flexibility index (Phi) is 4.30. The number of nitrogens with zero attached hydrogens (tertiary/aromatic N) is 3. The van der Waals surface area contributed by atoms with Crippen molar-refractivity contribution >= 4 is 5.91 Å². The van der Waals surface area contributed by atoms with E-state index in [0.717, 1.165) is 22.6 Å². The molecule has 26 heavy (non-hydrogen) atoms. The van der Waals surface area contributed by atoms with E-state index in [1.54, 1.807) is 23.4 Å². The van der Waals surface area contributed by atoms with Gasteiger partial charge in [0.1, 0.15) is 5.76 Å². The molecule has 1 saturated heterocycles. The van der Waals surface area contributed by atoms with Crippen molar-refractivity contribution in [1.29, 1.82) is 0 Å². The fourth-order valence-corrected chi connectivity index (χ4v) is 3.41. The molecular formula is C19H20N4O3. The van der Waals surface area contributed by atoms with Crippen molar-refractivity contribution in [3.05, 3.63) is 59.7 Å². The van der Waals surface area contributed by atoms with E-state index in [9.17, 15) is 9.90 Å². The van der Waals surface area contributed by atoms with Crippen LogP contribution in [-0.2, 0) is 6.42 Å². The van der Waals surface area contributed by atoms with E-state index < -0.39 is 6.10 Å². The van der Waals surface area contributed by atoms with Crippen LogP contribution >= 0.6 is 0 Å². The highest BCUT2D eigenvalue weighted by atomic mass is 16.5. The van der Waals surface area contributed by atoms with Crippen molar-refractivity contribution < 1.29 is 14.4 Å². The molecule has 134 valence electrons. The molecule has 7 heteroatoms. The molecule has 2 N–H and O–H groups in total. The van der Waals surface area contributed by atoms with Crippen LogP contribution in [0.3, 0.4) is 0 Å². The van der Waals surface area contributed by atoms with Crippen molar-refractivity contribution in [3.8, 4) is 11.1 Å². The second kappa shape index (κ2) is 6.76. The summed E-state index contributed by atoms with van der Waals surface area (Å²) in [6.07, 6.45) is 3.51. The molecule has 1 aliphatic rings. The molecular weight excluding hydrogens is 332 g/mol. The molecule has 1 amide bonds. The highest BCUT2D eigenvalue weighted by molar-refractivity contribution is 5.95. The highest BCUT2D eigenvalue weighted by Gasteiger charge is 2.35. The Hall–Kier alpha value is -2.93. The first kappa shape index (κ1) is 16.5. The Bertz CT molecular complexity index is 903. The molecule has 1 aromatic carbocycles. The summed E-state index contributed by atoms with van der Waals surface area (Å²) in [6.45, 7) is 2.68. The van der Waals surface area contributed by atoms with E-state index in [0.29, 0.717) is 25.1 Å². The van der Waals surface area contributed by atoms with Gasteiger partial charge < -0.3 is 14.5 Å². The van der Waals surface area contributed by atoms with Gasteiger partial charge in [0.15, 0.2) is 0 Å². The molecule has 0 spiro atoms. The predicted octanol–water partition coefficient (Wildman–Crippen LogP) is 2.05. The molecule has 2 aromatic heterocycles. The minimum absolute atomic E-state index is 0.0524. The SMILES string of the molecule is Cc1cc(C[C@@H]2CN(C(=O)c3cccc(-c4cn[nH]c4)c3)C[C@H]2O)on1. The number of aromatic nitrogens is 3. The Balaban J connectivity index is 1.48. The van der Waals surface area contributed by atoms with Gasteiger partial charge >= 0.3 is 0 Å². The van der Waals surface area contributed by atoms with Gasteiger partial charge in [-0.3, -0.25) is 9.89 Å². The Morgan fingerprint density at radius 3 is 2.96 bits per heavy atom. The number of likely N-dealkylation sites (tertiary alicyclic amines) is 1.